The van der Waals surface area contributed by atoms with Crippen LogP contribution in [0.15, 0.2) is 42.5 Å². The molecule has 0 radical (unpaired) electrons. The highest BCUT2D eigenvalue weighted by Gasteiger charge is 2.19. The average molecular weight is 347 g/mol. The minimum Gasteiger partial charge on any atom is -0.465 e. The number of rotatable bonds is 5. The summed E-state index contributed by atoms with van der Waals surface area (Å²) in [6.07, 6.45) is 1.17. The highest BCUT2D eigenvalue weighted by molar-refractivity contribution is 7.92. The van der Waals surface area contributed by atoms with Gasteiger partial charge < -0.3 is 4.74 Å². The van der Waals surface area contributed by atoms with Crippen LogP contribution in [-0.4, -0.2) is 27.8 Å². The molecule has 5 nitrogen and oxygen atoms in total. The maximum absolute atomic E-state index is 12.2. The lowest BCUT2D eigenvalue weighted by atomic mass is 10.1. The Bertz CT molecular complexity index is 842. The molecule has 0 spiro atoms. The van der Waals surface area contributed by atoms with Crippen molar-refractivity contribution < 1.29 is 17.9 Å². The van der Waals surface area contributed by atoms with Crippen LogP contribution in [0.1, 0.15) is 27.0 Å². The van der Waals surface area contributed by atoms with Crippen molar-refractivity contribution in [2.24, 2.45) is 0 Å². The predicted molar refractivity (Wildman–Crippen MR) is 94.7 cm³/mol. The van der Waals surface area contributed by atoms with E-state index < -0.39 is 16.0 Å². The molecule has 0 unspecified atom stereocenters. The number of methoxy groups -OCH3 is 1. The van der Waals surface area contributed by atoms with E-state index in [1.54, 1.807) is 24.3 Å². The van der Waals surface area contributed by atoms with E-state index in [-0.39, 0.29) is 6.54 Å². The molecular formula is C18H21NO4S. The van der Waals surface area contributed by atoms with Gasteiger partial charge in [0.15, 0.2) is 0 Å². The maximum Gasteiger partial charge on any atom is 0.337 e. The molecule has 0 atom stereocenters. The summed E-state index contributed by atoms with van der Waals surface area (Å²) in [6, 6.07) is 12.3. The third-order valence-electron chi connectivity index (χ3n) is 3.80. The van der Waals surface area contributed by atoms with Crippen LogP contribution in [0, 0.1) is 13.8 Å². The van der Waals surface area contributed by atoms with Crippen molar-refractivity contribution in [3.05, 3.63) is 64.7 Å². The third kappa shape index (κ3) is 4.14. The fraction of sp³-hybridized carbons (Fsp3) is 0.278. The molecule has 2 rings (SSSR count). The van der Waals surface area contributed by atoms with Gasteiger partial charge in [0.1, 0.15) is 0 Å². The number of carbonyl (C=O) groups is 1. The van der Waals surface area contributed by atoms with Crippen LogP contribution in [0.4, 0.5) is 5.69 Å². The van der Waals surface area contributed by atoms with E-state index in [1.807, 2.05) is 32.0 Å². The molecule has 24 heavy (non-hydrogen) atoms. The second kappa shape index (κ2) is 7.05. The molecule has 0 saturated carbocycles. The van der Waals surface area contributed by atoms with Crippen molar-refractivity contribution in [2.45, 2.75) is 20.4 Å². The molecule has 0 bridgehead atoms. The molecule has 128 valence electrons. The predicted octanol–water partition coefficient (Wildman–Crippen LogP) is 3.06. The monoisotopic (exact) mass is 347 g/mol. The van der Waals surface area contributed by atoms with Gasteiger partial charge in [-0.3, -0.25) is 4.31 Å². The van der Waals surface area contributed by atoms with Crippen molar-refractivity contribution >= 4 is 21.7 Å². The molecule has 0 fully saturated rings. The summed E-state index contributed by atoms with van der Waals surface area (Å²) in [5.74, 6) is -0.456. The first-order chi connectivity index (χ1) is 11.2. The number of benzene rings is 2. The van der Waals surface area contributed by atoms with Gasteiger partial charge >= 0.3 is 5.97 Å². The standard InChI is InChI=1S/C18H21NO4S/c1-13-5-6-14(2)16(11-13)12-19(24(4,21)22)17-9-7-15(8-10-17)18(20)23-3/h5-11H,12H2,1-4H3. The number of anilines is 1. The van der Waals surface area contributed by atoms with E-state index in [0.717, 1.165) is 16.7 Å². The summed E-state index contributed by atoms with van der Waals surface area (Å²) in [5.41, 5.74) is 3.93. The molecule has 0 saturated heterocycles. The van der Waals surface area contributed by atoms with Gasteiger partial charge in [-0.15, -0.1) is 0 Å². The smallest absolute Gasteiger partial charge is 0.337 e. The zero-order valence-electron chi connectivity index (χ0n) is 14.2. The van der Waals surface area contributed by atoms with E-state index in [1.165, 1.54) is 17.7 Å². The highest BCUT2D eigenvalue weighted by Crippen LogP contribution is 2.23. The summed E-state index contributed by atoms with van der Waals surface area (Å²) in [4.78, 5) is 11.5. The zero-order valence-corrected chi connectivity index (χ0v) is 15.1. The van der Waals surface area contributed by atoms with Crippen LogP contribution in [-0.2, 0) is 21.3 Å². The van der Waals surface area contributed by atoms with Crippen molar-refractivity contribution in [1.29, 1.82) is 0 Å². The van der Waals surface area contributed by atoms with Gasteiger partial charge in [0.25, 0.3) is 0 Å². The van der Waals surface area contributed by atoms with Crippen LogP contribution in [0.25, 0.3) is 0 Å². The second-order valence-electron chi connectivity index (χ2n) is 5.74. The summed E-state index contributed by atoms with van der Waals surface area (Å²) < 4.78 is 30.5. The molecule has 0 aromatic heterocycles. The number of hydrogen-bond acceptors (Lipinski definition) is 4. The molecule has 0 amide bonds. The highest BCUT2D eigenvalue weighted by atomic mass is 32.2. The minimum absolute atomic E-state index is 0.240. The van der Waals surface area contributed by atoms with Crippen molar-refractivity contribution in [1.82, 2.24) is 0 Å². The van der Waals surface area contributed by atoms with Crippen molar-refractivity contribution in [2.75, 3.05) is 17.7 Å². The average Bonchev–Trinajstić information content (AvgIpc) is 2.54. The summed E-state index contributed by atoms with van der Waals surface area (Å²) in [7, 11) is -2.16. The van der Waals surface area contributed by atoms with Gasteiger partial charge in [-0.2, -0.15) is 0 Å². The second-order valence-corrected chi connectivity index (χ2v) is 7.64. The first-order valence-electron chi connectivity index (χ1n) is 7.44. The molecule has 0 heterocycles. The van der Waals surface area contributed by atoms with E-state index in [9.17, 15) is 13.2 Å². The number of hydrogen-bond donors (Lipinski definition) is 0. The molecule has 0 aliphatic carbocycles. The number of carbonyl (C=O) groups excluding carboxylic acids is 1. The normalized spacial score (nSPS) is 11.2. The Balaban J connectivity index is 2.39. The van der Waals surface area contributed by atoms with E-state index in [4.69, 9.17) is 0 Å². The Kier molecular flexibility index (Phi) is 5.29. The number of sulfonamides is 1. The van der Waals surface area contributed by atoms with Gasteiger partial charge in [-0.05, 0) is 49.2 Å². The maximum atomic E-state index is 12.2. The molecule has 0 aliphatic rings. The van der Waals surface area contributed by atoms with Crippen LogP contribution in [0.2, 0.25) is 0 Å². The van der Waals surface area contributed by atoms with Gasteiger partial charge in [-0.1, -0.05) is 23.8 Å². The largest absolute Gasteiger partial charge is 0.465 e. The molecule has 6 heteroatoms. The Hall–Kier alpha value is -2.34. The molecule has 2 aromatic carbocycles. The van der Waals surface area contributed by atoms with Gasteiger partial charge in [0, 0.05) is 0 Å². The molecular weight excluding hydrogens is 326 g/mol. The first-order valence-corrected chi connectivity index (χ1v) is 9.29. The molecule has 0 N–H and O–H groups in total. The van der Waals surface area contributed by atoms with Crippen LogP contribution in [0.3, 0.4) is 0 Å². The number of esters is 1. The lowest BCUT2D eigenvalue weighted by molar-refractivity contribution is 0.0601. The lowest BCUT2D eigenvalue weighted by Gasteiger charge is -2.23. The van der Waals surface area contributed by atoms with Crippen molar-refractivity contribution in [3.8, 4) is 0 Å². The Morgan fingerprint density at radius 2 is 1.71 bits per heavy atom. The van der Waals surface area contributed by atoms with E-state index in [2.05, 4.69) is 4.74 Å². The molecule has 2 aromatic rings. The Morgan fingerprint density at radius 1 is 1.08 bits per heavy atom. The fourth-order valence-corrected chi connectivity index (χ4v) is 3.29. The summed E-state index contributed by atoms with van der Waals surface area (Å²) in [6.45, 7) is 4.17. The molecule has 0 aliphatic heterocycles. The topological polar surface area (TPSA) is 63.7 Å². The van der Waals surface area contributed by atoms with Gasteiger partial charge in [0.2, 0.25) is 10.0 Å². The first kappa shape index (κ1) is 18.0. The number of aryl methyl sites for hydroxylation is 2. The third-order valence-corrected chi connectivity index (χ3v) is 4.94. The Labute approximate surface area is 142 Å². The number of ether oxygens (including phenoxy) is 1. The van der Waals surface area contributed by atoms with Crippen LogP contribution >= 0.6 is 0 Å². The summed E-state index contributed by atoms with van der Waals surface area (Å²) in [5, 5.41) is 0. The fourth-order valence-electron chi connectivity index (χ4n) is 2.41. The quantitative estimate of drug-likeness (QED) is 0.780. The van der Waals surface area contributed by atoms with Crippen LogP contribution in [0.5, 0.6) is 0 Å². The number of nitrogens with zero attached hydrogens (tertiary/aromatic N) is 1. The van der Waals surface area contributed by atoms with Crippen LogP contribution < -0.4 is 4.31 Å². The van der Waals surface area contributed by atoms with Gasteiger partial charge in [-0.25, -0.2) is 13.2 Å². The van der Waals surface area contributed by atoms with E-state index >= 15 is 0 Å². The van der Waals surface area contributed by atoms with Crippen molar-refractivity contribution in [3.63, 3.8) is 0 Å². The Morgan fingerprint density at radius 3 is 2.25 bits per heavy atom. The lowest BCUT2D eigenvalue weighted by Crippen LogP contribution is -2.29. The SMILES string of the molecule is COC(=O)c1ccc(N(Cc2cc(C)ccc2C)S(C)(=O)=O)cc1. The minimum atomic E-state index is -3.47. The van der Waals surface area contributed by atoms with E-state index in [0.29, 0.717) is 11.3 Å². The zero-order chi connectivity index (χ0) is 17.9. The van der Waals surface area contributed by atoms with Gasteiger partial charge in [0.05, 0.1) is 31.2 Å². The summed E-state index contributed by atoms with van der Waals surface area (Å²) >= 11 is 0.